The van der Waals surface area contributed by atoms with Crippen molar-refractivity contribution in [3.05, 3.63) is 54.4 Å². The molecule has 0 saturated heterocycles. The Hall–Kier alpha value is -1.83. The molecule has 1 atom stereocenters. The molecule has 0 aliphatic carbocycles. The maximum atomic E-state index is 4.50. The van der Waals surface area contributed by atoms with E-state index in [0.29, 0.717) is 6.04 Å². The Morgan fingerprint density at radius 3 is 2.93 bits per heavy atom. The lowest BCUT2D eigenvalue weighted by atomic mass is 10.1. The van der Waals surface area contributed by atoms with Gasteiger partial charge >= 0.3 is 0 Å². The third-order valence-electron chi connectivity index (χ3n) is 2.76. The van der Waals surface area contributed by atoms with Gasteiger partial charge in [-0.25, -0.2) is 0 Å². The molecule has 1 aromatic rings. The van der Waals surface area contributed by atoms with Crippen LogP contribution in [0.4, 0.5) is 0 Å². The summed E-state index contributed by atoms with van der Waals surface area (Å²) in [4.78, 5) is 6.71. The minimum absolute atomic E-state index is 0.442. The van der Waals surface area contributed by atoms with Crippen LogP contribution in [0, 0.1) is 0 Å². The van der Waals surface area contributed by atoms with Crippen molar-refractivity contribution in [2.45, 2.75) is 12.5 Å². The van der Waals surface area contributed by atoms with E-state index in [-0.39, 0.29) is 0 Å². The maximum Gasteiger partial charge on any atom is 0.0861 e. The van der Waals surface area contributed by atoms with E-state index in [1.165, 1.54) is 5.56 Å². The SMILES string of the molecule is C1=CN2C=C(c3ccccc3)N=CC2C1. The number of rotatable bonds is 1. The molecule has 15 heavy (non-hydrogen) atoms. The fourth-order valence-electron chi connectivity index (χ4n) is 1.93. The van der Waals surface area contributed by atoms with Gasteiger partial charge in [0.25, 0.3) is 0 Å². The van der Waals surface area contributed by atoms with Crippen LogP contribution in [0.1, 0.15) is 12.0 Å². The van der Waals surface area contributed by atoms with Crippen molar-refractivity contribution in [2.75, 3.05) is 0 Å². The molecule has 0 saturated carbocycles. The Kier molecular flexibility index (Phi) is 1.91. The van der Waals surface area contributed by atoms with E-state index in [1.807, 2.05) is 24.4 Å². The Balaban J connectivity index is 1.95. The Morgan fingerprint density at radius 2 is 2.07 bits per heavy atom. The molecule has 0 N–H and O–H groups in total. The molecule has 0 bridgehead atoms. The van der Waals surface area contributed by atoms with Gasteiger partial charge in [-0.05, 0) is 6.42 Å². The highest BCUT2D eigenvalue weighted by Gasteiger charge is 2.19. The van der Waals surface area contributed by atoms with Gasteiger partial charge in [0, 0.05) is 24.2 Å². The second kappa shape index (κ2) is 3.39. The lowest BCUT2D eigenvalue weighted by Gasteiger charge is -2.22. The van der Waals surface area contributed by atoms with Crippen molar-refractivity contribution in [3.8, 4) is 0 Å². The van der Waals surface area contributed by atoms with Crippen molar-refractivity contribution >= 4 is 11.9 Å². The first-order chi connectivity index (χ1) is 7.43. The Morgan fingerprint density at radius 1 is 1.20 bits per heavy atom. The Bertz CT molecular complexity index is 443. The van der Waals surface area contributed by atoms with Crippen LogP contribution in [0.2, 0.25) is 0 Å². The predicted octanol–water partition coefficient (Wildman–Crippen LogP) is 2.66. The summed E-state index contributed by atoms with van der Waals surface area (Å²) in [6.45, 7) is 0. The minimum Gasteiger partial charge on any atom is -0.344 e. The molecule has 2 nitrogen and oxygen atoms in total. The molecule has 1 unspecified atom stereocenters. The summed E-state index contributed by atoms with van der Waals surface area (Å²) >= 11 is 0. The summed E-state index contributed by atoms with van der Waals surface area (Å²) in [5.74, 6) is 0. The van der Waals surface area contributed by atoms with Gasteiger partial charge in [-0.1, -0.05) is 36.4 Å². The molecule has 1 aromatic carbocycles. The van der Waals surface area contributed by atoms with Crippen molar-refractivity contribution in [1.29, 1.82) is 0 Å². The number of aliphatic imine (C=N–C) groups is 1. The first-order valence-corrected chi connectivity index (χ1v) is 5.19. The van der Waals surface area contributed by atoms with Gasteiger partial charge in [-0.15, -0.1) is 0 Å². The molecule has 2 aliphatic heterocycles. The number of hydrogen-bond donors (Lipinski definition) is 0. The zero-order valence-electron chi connectivity index (χ0n) is 8.38. The lowest BCUT2D eigenvalue weighted by molar-refractivity contribution is 0.485. The summed E-state index contributed by atoms with van der Waals surface area (Å²) in [5, 5.41) is 0. The normalized spacial score (nSPS) is 22.8. The first-order valence-electron chi connectivity index (χ1n) is 5.19. The van der Waals surface area contributed by atoms with Gasteiger partial charge in [-0.3, -0.25) is 4.99 Å². The van der Waals surface area contributed by atoms with Crippen LogP contribution in [0.3, 0.4) is 0 Å². The Labute approximate surface area is 89.3 Å². The van der Waals surface area contributed by atoms with Crippen LogP contribution in [-0.4, -0.2) is 17.2 Å². The fraction of sp³-hybridized carbons (Fsp3) is 0.154. The molecule has 3 rings (SSSR count). The fourth-order valence-corrected chi connectivity index (χ4v) is 1.93. The van der Waals surface area contributed by atoms with Crippen LogP contribution in [0.25, 0.3) is 5.70 Å². The highest BCUT2D eigenvalue weighted by atomic mass is 15.2. The number of benzene rings is 1. The van der Waals surface area contributed by atoms with Gasteiger partial charge < -0.3 is 4.90 Å². The van der Waals surface area contributed by atoms with Crippen molar-refractivity contribution in [3.63, 3.8) is 0 Å². The van der Waals surface area contributed by atoms with E-state index in [9.17, 15) is 0 Å². The molecule has 0 spiro atoms. The summed E-state index contributed by atoms with van der Waals surface area (Å²) in [7, 11) is 0. The van der Waals surface area contributed by atoms with Gasteiger partial charge in [0.1, 0.15) is 0 Å². The molecule has 0 radical (unpaired) electrons. The summed E-state index contributed by atoms with van der Waals surface area (Å²) in [5.41, 5.74) is 2.21. The molecular weight excluding hydrogens is 184 g/mol. The third kappa shape index (κ3) is 1.48. The lowest BCUT2D eigenvalue weighted by Crippen LogP contribution is -2.25. The first kappa shape index (κ1) is 8.48. The number of fused-ring (bicyclic) bond motifs is 1. The van der Waals surface area contributed by atoms with Gasteiger partial charge in [0.05, 0.1) is 11.7 Å². The minimum atomic E-state index is 0.442. The average molecular weight is 196 g/mol. The summed E-state index contributed by atoms with van der Waals surface area (Å²) in [6, 6.07) is 10.7. The van der Waals surface area contributed by atoms with E-state index in [4.69, 9.17) is 0 Å². The second-order valence-electron chi connectivity index (χ2n) is 3.79. The number of nitrogens with zero attached hydrogens (tertiary/aromatic N) is 2. The van der Waals surface area contributed by atoms with Crippen LogP contribution in [-0.2, 0) is 0 Å². The van der Waals surface area contributed by atoms with Gasteiger partial charge in [0.2, 0.25) is 0 Å². The average Bonchev–Trinajstić information content (AvgIpc) is 2.77. The number of hydrogen-bond acceptors (Lipinski definition) is 2. The quantitative estimate of drug-likeness (QED) is 0.674. The smallest absolute Gasteiger partial charge is 0.0861 e. The van der Waals surface area contributed by atoms with Crippen LogP contribution >= 0.6 is 0 Å². The molecule has 74 valence electrons. The molecule has 0 aromatic heterocycles. The predicted molar refractivity (Wildman–Crippen MR) is 62.3 cm³/mol. The van der Waals surface area contributed by atoms with Crippen molar-refractivity contribution < 1.29 is 0 Å². The van der Waals surface area contributed by atoms with Crippen molar-refractivity contribution in [2.24, 2.45) is 4.99 Å². The molecule has 0 fully saturated rings. The largest absolute Gasteiger partial charge is 0.344 e. The molecular formula is C13H12N2. The molecule has 2 aliphatic rings. The van der Waals surface area contributed by atoms with Crippen molar-refractivity contribution in [1.82, 2.24) is 4.90 Å². The van der Waals surface area contributed by atoms with Gasteiger partial charge in [0.15, 0.2) is 0 Å². The molecule has 0 amide bonds. The van der Waals surface area contributed by atoms with E-state index in [2.05, 4.69) is 40.5 Å². The van der Waals surface area contributed by atoms with E-state index < -0.39 is 0 Å². The zero-order chi connectivity index (χ0) is 10.1. The second-order valence-corrected chi connectivity index (χ2v) is 3.79. The third-order valence-corrected chi connectivity index (χ3v) is 2.76. The summed E-state index contributed by atoms with van der Waals surface area (Å²) < 4.78 is 0. The topological polar surface area (TPSA) is 15.6 Å². The van der Waals surface area contributed by atoms with Gasteiger partial charge in [-0.2, -0.15) is 0 Å². The van der Waals surface area contributed by atoms with E-state index >= 15 is 0 Å². The highest BCUT2D eigenvalue weighted by Crippen LogP contribution is 2.24. The van der Waals surface area contributed by atoms with E-state index in [0.717, 1.165) is 12.1 Å². The van der Waals surface area contributed by atoms with Crippen LogP contribution in [0.15, 0.2) is 53.8 Å². The van der Waals surface area contributed by atoms with Crippen LogP contribution in [0.5, 0.6) is 0 Å². The highest BCUT2D eigenvalue weighted by molar-refractivity contribution is 5.80. The maximum absolute atomic E-state index is 4.50. The van der Waals surface area contributed by atoms with Crippen LogP contribution < -0.4 is 0 Å². The molecule has 2 heterocycles. The van der Waals surface area contributed by atoms with E-state index in [1.54, 1.807) is 0 Å². The standard InChI is InChI=1S/C13H12N2/c1-2-5-11(6-3-1)13-10-15-8-4-7-12(15)9-14-13/h1-6,8-10,12H,7H2. The molecule has 2 heteroatoms. The zero-order valence-corrected chi connectivity index (χ0v) is 8.38. The monoisotopic (exact) mass is 196 g/mol. The summed E-state index contributed by atoms with van der Waals surface area (Å²) in [6.07, 6.45) is 9.52.